The molecule has 0 spiro atoms. The summed E-state index contributed by atoms with van der Waals surface area (Å²) in [6.45, 7) is 6.91. The van der Waals surface area contributed by atoms with E-state index in [2.05, 4.69) is 38.2 Å². The number of benzene rings is 2. The molecular formula is C18H21ClFN. The van der Waals surface area contributed by atoms with E-state index >= 15 is 0 Å². The molecule has 0 aliphatic rings. The first-order valence-electron chi connectivity index (χ1n) is 7.11. The lowest BCUT2D eigenvalue weighted by Gasteiger charge is -2.32. The van der Waals surface area contributed by atoms with Crippen LogP contribution in [0.5, 0.6) is 0 Å². The van der Waals surface area contributed by atoms with Gasteiger partial charge in [-0.05, 0) is 23.1 Å². The van der Waals surface area contributed by atoms with E-state index in [9.17, 15) is 4.39 Å². The molecule has 0 fully saturated rings. The Morgan fingerprint density at radius 3 is 2.29 bits per heavy atom. The smallest absolute Gasteiger partial charge is 0.129 e. The van der Waals surface area contributed by atoms with Gasteiger partial charge in [0.05, 0.1) is 0 Å². The molecule has 21 heavy (non-hydrogen) atoms. The van der Waals surface area contributed by atoms with E-state index in [1.165, 1.54) is 11.6 Å². The van der Waals surface area contributed by atoms with Crippen LogP contribution in [0.1, 0.15) is 37.9 Å². The van der Waals surface area contributed by atoms with E-state index in [1.54, 1.807) is 12.1 Å². The third-order valence-electron chi connectivity index (χ3n) is 3.54. The van der Waals surface area contributed by atoms with Crippen molar-refractivity contribution in [3.8, 4) is 0 Å². The Balaban J connectivity index is 2.22. The van der Waals surface area contributed by atoms with Gasteiger partial charge < -0.3 is 5.32 Å². The van der Waals surface area contributed by atoms with E-state index in [1.807, 2.05) is 18.2 Å². The van der Waals surface area contributed by atoms with Gasteiger partial charge in [0.1, 0.15) is 5.82 Å². The molecule has 0 aliphatic heterocycles. The molecular weight excluding hydrogens is 285 g/mol. The molecule has 112 valence electrons. The molecule has 0 saturated carbocycles. The van der Waals surface area contributed by atoms with Crippen LogP contribution in [-0.2, 0) is 6.54 Å². The van der Waals surface area contributed by atoms with Crippen LogP contribution in [-0.4, -0.2) is 0 Å². The van der Waals surface area contributed by atoms with Crippen molar-refractivity contribution >= 4 is 11.6 Å². The van der Waals surface area contributed by atoms with Crippen LogP contribution < -0.4 is 5.32 Å². The molecule has 2 aromatic carbocycles. The summed E-state index contributed by atoms with van der Waals surface area (Å²) in [6, 6.07) is 15.1. The lowest BCUT2D eigenvalue weighted by molar-refractivity contribution is 0.270. The Kier molecular flexibility index (Phi) is 5.02. The lowest BCUT2D eigenvalue weighted by atomic mass is 9.82. The van der Waals surface area contributed by atoms with Gasteiger partial charge in [0.15, 0.2) is 0 Å². The zero-order valence-corrected chi connectivity index (χ0v) is 13.4. The van der Waals surface area contributed by atoms with Gasteiger partial charge in [-0.2, -0.15) is 0 Å². The fourth-order valence-corrected chi connectivity index (χ4v) is 2.70. The van der Waals surface area contributed by atoms with Gasteiger partial charge in [-0.3, -0.25) is 0 Å². The number of hydrogen-bond donors (Lipinski definition) is 1. The summed E-state index contributed by atoms with van der Waals surface area (Å²) >= 11 is 6.09. The second kappa shape index (κ2) is 6.59. The Bertz CT molecular complexity index is 570. The molecule has 1 atom stereocenters. The van der Waals surface area contributed by atoms with Gasteiger partial charge >= 0.3 is 0 Å². The molecule has 0 aliphatic carbocycles. The summed E-state index contributed by atoms with van der Waals surface area (Å²) in [4.78, 5) is 0. The molecule has 2 rings (SSSR count). The van der Waals surface area contributed by atoms with Gasteiger partial charge in [0.25, 0.3) is 0 Å². The van der Waals surface area contributed by atoms with Crippen LogP contribution in [0, 0.1) is 11.2 Å². The first-order valence-corrected chi connectivity index (χ1v) is 7.48. The maximum absolute atomic E-state index is 13.9. The predicted molar refractivity (Wildman–Crippen MR) is 86.9 cm³/mol. The van der Waals surface area contributed by atoms with Crippen LogP contribution in [0.4, 0.5) is 4.39 Å². The largest absolute Gasteiger partial charge is 0.305 e. The number of halogens is 2. The highest BCUT2D eigenvalue weighted by Gasteiger charge is 2.26. The molecule has 0 radical (unpaired) electrons. The molecule has 1 nitrogen and oxygen atoms in total. The fraction of sp³-hybridized carbons (Fsp3) is 0.333. The topological polar surface area (TPSA) is 12.0 Å². The number of hydrogen-bond acceptors (Lipinski definition) is 1. The van der Waals surface area contributed by atoms with Crippen molar-refractivity contribution in [1.82, 2.24) is 5.32 Å². The van der Waals surface area contributed by atoms with Crippen LogP contribution in [0.15, 0.2) is 48.5 Å². The molecule has 2 aromatic rings. The van der Waals surface area contributed by atoms with Crippen molar-refractivity contribution in [3.05, 3.63) is 70.5 Å². The van der Waals surface area contributed by atoms with Crippen LogP contribution >= 0.6 is 11.6 Å². The zero-order valence-electron chi connectivity index (χ0n) is 12.7. The Morgan fingerprint density at radius 1 is 1.05 bits per heavy atom. The van der Waals surface area contributed by atoms with Gasteiger partial charge in [0, 0.05) is 23.2 Å². The van der Waals surface area contributed by atoms with E-state index in [4.69, 9.17) is 11.6 Å². The first kappa shape index (κ1) is 16.0. The molecule has 0 heterocycles. The van der Waals surface area contributed by atoms with Crippen molar-refractivity contribution in [2.24, 2.45) is 5.41 Å². The van der Waals surface area contributed by atoms with Crippen molar-refractivity contribution < 1.29 is 4.39 Å². The minimum Gasteiger partial charge on any atom is -0.305 e. The molecule has 0 saturated heterocycles. The third-order valence-corrected chi connectivity index (χ3v) is 3.90. The van der Waals surface area contributed by atoms with E-state index in [0.29, 0.717) is 17.1 Å². The minimum absolute atomic E-state index is 0.0130. The average molecular weight is 306 g/mol. The minimum atomic E-state index is -0.268. The lowest BCUT2D eigenvalue weighted by Crippen LogP contribution is -2.32. The van der Waals surface area contributed by atoms with Gasteiger partial charge in [-0.1, -0.05) is 68.8 Å². The standard InChI is InChI=1S/C18H21ClFN/c1-18(2,3)17(13-8-5-4-6-9-13)21-12-14-15(19)10-7-11-16(14)20/h4-11,17,21H,12H2,1-3H3. The van der Waals surface area contributed by atoms with E-state index in [0.717, 1.165) is 0 Å². The summed E-state index contributed by atoms with van der Waals surface area (Å²) in [6.07, 6.45) is 0. The van der Waals surface area contributed by atoms with Gasteiger partial charge in [0.2, 0.25) is 0 Å². The van der Waals surface area contributed by atoms with Crippen molar-refractivity contribution in [2.75, 3.05) is 0 Å². The summed E-state index contributed by atoms with van der Waals surface area (Å²) < 4.78 is 13.9. The zero-order chi connectivity index (χ0) is 15.5. The maximum atomic E-state index is 13.9. The fourth-order valence-electron chi connectivity index (χ4n) is 2.47. The summed E-state index contributed by atoms with van der Waals surface area (Å²) in [5.41, 5.74) is 1.72. The maximum Gasteiger partial charge on any atom is 0.129 e. The van der Waals surface area contributed by atoms with Crippen LogP contribution in [0.3, 0.4) is 0 Å². The average Bonchev–Trinajstić information content (AvgIpc) is 2.42. The Labute approximate surface area is 131 Å². The highest BCUT2D eigenvalue weighted by Crippen LogP contribution is 2.33. The van der Waals surface area contributed by atoms with Crippen molar-refractivity contribution in [2.45, 2.75) is 33.4 Å². The SMILES string of the molecule is CC(C)(C)C(NCc1c(F)cccc1Cl)c1ccccc1. The highest BCUT2D eigenvalue weighted by molar-refractivity contribution is 6.31. The van der Waals surface area contributed by atoms with E-state index < -0.39 is 0 Å². The summed E-state index contributed by atoms with van der Waals surface area (Å²) in [5.74, 6) is -0.268. The summed E-state index contributed by atoms with van der Waals surface area (Å²) in [7, 11) is 0. The van der Waals surface area contributed by atoms with Gasteiger partial charge in [-0.25, -0.2) is 4.39 Å². The molecule has 0 bridgehead atoms. The second-order valence-corrected chi connectivity index (χ2v) is 6.70. The highest BCUT2D eigenvalue weighted by atomic mass is 35.5. The first-order chi connectivity index (χ1) is 9.89. The molecule has 3 heteroatoms. The Hall–Kier alpha value is -1.38. The van der Waals surface area contributed by atoms with Crippen molar-refractivity contribution in [1.29, 1.82) is 0 Å². The van der Waals surface area contributed by atoms with Crippen LogP contribution in [0.25, 0.3) is 0 Å². The monoisotopic (exact) mass is 305 g/mol. The quantitative estimate of drug-likeness (QED) is 0.802. The molecule has 1 unspecified atom stereocenters. The molecule has 0 amide bonds. The van der Waals surface area contributed by atoms with Crippen LogP contribution in [0.2, 0.25) is 5.02 Å². The molecule has 1 N–H and O–H groups in total. The third kappa shape index (κ3) is 4.05. The van der Waals surface area contributed by atoms with E-state index in [-0.39, 0.29) is 17.3 Å². The second-order valence-electron chi connectivity index (χ2n) is 6.29. The number of nitrogens with one attached hydrogen (secondary N) is 1. The van der Waals surface area contributed by atoms with Gasteiger partial charge in [-0.15, -0.1) is 0 Å². The predicted octanol–water partition coefficient (Wildman–Crippen LogP) is 5.36. The number of rotatable bonds is 4. The normalized spacial score (nSPS) is 13.2. The summed E-state index contributed by atoms with van der Waals surface area (Å²) in [5, 5.41) is 3.91. The van der Waals surface area contributed by atoms with Crippen molar-refractivity contribution in [3.63, 3.8) is 0 Å². The Morgan fingerprint density at radius 2 is 1.71 bits per heavy atom. The molecule has 0 aromatic heterocycles.